The number of amides is 1. The normalized spacial score (nSPS) is 10.7. The number of hydrogen-bond donors (Lipinski definition) is 1. The van der Waals surface area contributed by atoms with Crippen molar-refractivity contribution in [2.24, 2.45) is 0 Å². The predicted molar refractivity (Wildman–Crippen MR) is 92.7 cm³/mol. The van der Waals surface area contributed by atoms with Gasteiger partial charge in [0.2, 0.25) is 11.9 Å². The zero-order valence-electron chi connectivity index (χ0n) is 13.7. The smallest absolute Gasteiger partial charge is 0.358 e. The molecule has 0 saturated heterocycles. The van der Waals surface area contributed by atoms with Crippen molar-refractivity contribution in [2.75, 3.05) is 5.32 Å². The summed E-state index contributed by atoms with van der Waals surface area (Å²) in [6.45, 7) is 0.480. The van der Waals surface area contributed by atoms with Gasteiger partial charge in [-0.05, 0) is 22.6 Å². The summed E-state index contributed by atoms with van der Waals surface area (Å²) in [5, 5.41) is 20.9. The molecule has 0 saturated carbocycles. The molecule has 0 aliphatic rings. The van der Waals surface area contributed by atoms with E-state index in [4.69, 9.17) is 11.6 Å². The Morgan fingerprint density at radius 2 is 2.00 bits per heavy atom. The average Bonchev–Trinajstić information content (AvgIpc) is 3.21. The van der Waals surface area contributed by atoms with Gasteiger partial charge >= 0.3 is 5.82 Å². The first-order valence-corrected chi connectivity index (χ1v) is 8.09. The predicted octanol–water partition coefficient (Wildman–Crippen LogP) is 2.25. The maximum Gasteiger partial charge on any atom is 0.408 e. The van der Waals surface area contributed by atoms with Gasteiger partial charge in [-0.3, -0.25) is 10.1 Å². The molecule has 0 bridgehead atoms. The van der Waals surface area contributed by atoms with Gasteiger partial charge in [-0.15, -0.1) is 5.10 Å². The molecular weight excluding hydrogens is 381 g/mol. The summed E-state index contributed by atoms with van der Waals surface area (Å²) in [5.74, 6) is -1.05. The second-order valence-corrected chi connectivity index (χ2v) is 5.92. The molecule has 0 aliphatic heterocycles. The lowest BCUT2D eigenvalue weighted by Gasteiger charge is -2.01. The van der Waals surface area contributed by atoms with Gasteiger partial charge in [0.25, 0.3) is 0 Å². The third-order valence-corrected chi connectivity index (χ3v) is 3.75. The molecule has 10 nitrogen and oxygen atoms in total. The maximum absolute atomic E-state index is 12.9. The summed E-state index contributed by atoms with van der Waals surface area (Å²) < 4.78 is 15.6. The van der Waals surface area contributed by atoms with Crippen LogP contribution >= 0.6 is 11.6 Å². The molecule has 12 heteroatoms. The minimum atomic E-state index is -0.698. The Morgan fingerprint density at radius 3 is 2.67 bits per heavy atom. The lowest BCUT2D eigenvalue weighted by Crippen LogP contribution is -2.16. The first kappa shape index (κ1) is 18.5. The van der Waals surface area contributed by atoms with Crippen LogP contribution in [0.15, 0.2) is 36.8 Å². The van der Waals surface area contributed by atoms with E-state index in [1.165, 1.54) is 34.0 Å². The molecule has 0 aliphatic carbocycles. The van der Waals surface area contributed by atoms with Crippen molar-refractivity contribution in [3.05, 3.63) is 63.3 Å². The second-order valence-electron chi connectivity index (χ2n) is 5.51. The van der Waals surface area contributed by atoms with Crippen LogP contribution in [-0.4, -0.2) is 35.4 Å². The fourth-order valence-corrected chi connectivity index (χ4v) is 2.45. The van der Waals surface area contributed by atoms with Crippen LogP contribution in [0.25, 0.3) is 0 Å². The number of nitrogens with one attached hydrogen (secondary N) is 1. The van der Waals surface area contributed by atoms with Crippen molar-refractivity contribution in [3.63, 3.8) is 0 Å². The zero-order valence-corrected chi connectivity index (χ0v) is 14.5. The van der Waals surface area contributed by atoms with E-state index in [2.05, 4.69) is 20.5 Å². The summed E-state index contributed by atoms with van der Waals surface area (Å²) in [4.78, 5) is 25.9. The lowest BCUT2D eigenvalue weighted by atomic mass is 10.2. The van der Waals surface area contributed by atoms with Crippen molar-refractivity contribution in [2.45, 2.75) is 19.5 Å². The first-order valence-electron chi connectivity index (χ1n) is 7.72. The number of nitrogens with zero attached hydrogens (tertiary/aromatic N) is 6. The molecule has 1 N–H and O–H groups in total. The van der Waals surface area contributed by atoms with E-state index < -0.39 is 10.7 Å². The number of anilines is 1. The van der Waals surface area contributed by atoms with Crippen molar-refractivity contribution >= 4 is 29.3 Å². The van der Waals surface area contributed by atoms with E-state index in [0.717, 1.165) is 5.56 Å². The second kappa shape index (κ2) is 7.91. The van der Waals surface area contributed by atoms with Gasteiger partial charge in [0.1, 0.15) is 12.1 Å². The summed E-state index contributed by atoms with van der Waals surface area (Å²) in [7, 11) is 0. The number of carbonyl (C=O) groups excluding carboxylic acids is 1. The largest absolute Gasteiger partial charge is 0.408 e. The molecule has 2 aromatic heterocycles. The number of aromatic nitrogens is 5. The molecule has 0 fully saturated rings. The SMILES string of the molecule is O=C(CCn1cc(Cl)c([N+](=O)[O-])n1)Nc1ncn(Cc2ccc(F)cc2)n1. The van der Waals surface area contributed by atoms with E-state index >= 15 is 0 Å². The highest BCUT2D eigenvalue weighted by Crippen LogP contribution is 2.21. The molecule has 0 unspecified atom stereocenters. The third-order valence-electron chi connectivity index (χ3n) is 3.49. The van der Waals surface area contributed by atoms with Crippen LogP contribution in [0, 0.1) is 15.9 Å². The molecule has 1 aromatic carbocycles. The van der Waals surface area contributed by atoms with E-state index in [-0.39, 0.29) is 35.7 Å². The summed E-state index contributed by atoms with van der Waals surface area (Å²) in [6, 6.07) is 5.95. The number of carbonyl (C=O) groups is 1. The Hall–Kier alpha value is -3.34. The Morgan fingerprint density at radius 1 is 1.26 bits per heavy atom. The van der Waals surface area contributed by atoms with Gasteiger partial charge in [0, 0.05) is 6.42 Å². The van der Waals surface area contributed by atoms with E-state index in [0.29, 0.717) is 6.54 Å². The highest BCUT2D eigenvalue weighted by atomic mass is 35.5. The molecule has 27 heavy (non-hydrogen) atoms. The molecule has 2 heterocycles. The van der Waals surface area contributed by atoms with Crippen molar-refractivity contribution in [1.82, 2.24) is 24.5 Å². The fraction of sp³-hybridized carbons (Fsp3) is 0.200. The molecule has 3 rings (SSSR count). The molecule has 140 valence electrons. The number of nitro groups is 1. The van der Waals surface area contributed by atoms with Gasteiger partial charge < -0.3 is 10.1 Å². The summed E-state index contributed by atoms with van der Waals surface area (Å²) >= 11 is 5.69. The number of halogens is 2. The monoisotopic (exact) mass is 393 g/mol. The molecule has 0 spiro atoms. The lowest BCUT2D eigenvalue weighted by molar-refractivity contribution is -0.389. The van der Waals surface area contributed by atoms with Crippen LogP contribution in [0.1, 0.15) is 12.0 Å². The average molecular weight is 394 g/mol. The van der Waals surface area contributed by atoms with Gasteiger partial charge in [-0.2, -0.15) is 4.68 Å². The summed E-state index contributed by atoms with van der Waals surface area (Å²) in [5.41, 5.74) is 0.830. The van der Waals surface area contributed by atoms with Crippen LogP contribution in [0.2, 0.25) is 5.02 Å². The molecule has 1 amide bonds. The van der Waals surface area contributed by atoms with Crippen LogP contribution in [0.4, 0.5) is 16.2 Å². The topological polar surface area (TPSA) is 121 Å². The van der Waals surface area contributed by atoms with Crippen molar-refractivity contribution in [1.29, 1.82) is 0 Å². The molecule has 0 atom stereocenters. The minimum Gasteiger partial charge on any atom is -0.358 e. The Kier molecular flexibility index (Phi) is 5.41. The fourth-order valence-electron chi connectivity index (χ4n) is 2.23. The van der Waals surface area contributed by atoms with Gasteiger partial charge in [-0.1, -0.05) is 23.7 Å². The Balaban J connectivity index is 1.52. The number of hydrogen-bond acceptors (Lipinski definition) is 6. The highest BCUT2D eigenvalue weighted by Gasteiger charge is 2.19. The van der Waals surface area contributed by atoms with E-state index in [1.54, 1.807) is 12.1 Å². The van der Waals surface area contributed by atoms with Crippen LogP contribution in [0.3, 0.4) is 0 Å². The van der Waals surface area contributed by atoms with Crippen molar-refractivity contribution in [3.8, 4) is 0 Å². The number of aryl methyl sites for hydroxylation is 1. The molecule has 0 radical (unpaired) electrons. The highest BCUT2D eigenvalue weighted by molar-refractivity contribution is 6.32. The van der Waals surface area contributed by atoms with Gasteiger partial charge in [-0.25, -0.2) is 14.1 Å². The Labute approximate surface area is 156 Å². The van der Waals surface area contributed by atoms with Crippen LogP contribution in [-0.2, 0) is 17.9 Å². The van der Waals surface area contributed by atoms with Gasteiger partial charge in [0.15, 0.2) is 5.02 Å². The quantitative estimate of drug-likeness (QED) is 0.485. The molecular formula is C15H13ClFN7O3. The number of rotatable bonds is 7. The first-order chi connectivity index (χ1) is 12.9. The van der Waals surface area contributed by atoms with Gasteiger partial charge in [0.05, 0.1) is 24.4 Å². The molecule has 3 aromatic rings. The van der Waals surface area contributed by atoms with E-state index in [9.17, 15) is 19.3 Å². The third kappa shape index (κ3) is 4.85. The standard InChI is InChI=1S/C15H13ClFN7O3/c16-12-8-22(20-14(12)24(26)27)6-5-13(25)19-15-18-9-23(21-15)7-10-1-3-11(17)4-2-10/h1-4,8-9H,5-7H2,(H,19,21,25). The minimum absolute atomic E-state index is 0.00165. The summed E-state index contributed by atoms with van der Waals surface area (Å²) in [6.07, 6.45) is 2.72. The van der Waals surface area contributed by atoms with Crippen LogP contribution in [0.5, 0.6) is 0 Å². The van der Waals surface area contributed by atoms with Crippen LogP contribution < -0.4 is 5.32 Å². The maximum atomic E-state index is 12.9. The number of benzene rings is 1. The zero-order chi connectivity index (χ0) is 19.4. The Bertz CT molecular complexity index is 970. The van der Waals surface area contributed by atoms with Crippen molar-refractivity contribution < 1.29 is 14.1 Å². The van der Waals surface area contributed by atoms with E-state index in [1.807, 2.05) is 0 Å².